The maximum atomic E-state index is 12.5. The van der Waals surface area contributed by atoms with E-state index in [1.165, 1.54) is 6.07 Å². The molecule has 8 rings (SSSR count). The number of benzene rings is 6. The fraction of sp³-hybridized carbons (Fsp3) is 0.263. The van der Waals surface area contributed by atoms with Crippen LogP contribution in [0, 0.1) is 20.6 Å². The molecule has 0 amide bonds. The van der Waals surface area contributed by atoms with E-state index in [1.807, 2.05) is 86.0 Å². The standard InChI is InChI=1S/C57H59N3O/c1-35-21-23-38(24-22-35)40-25-26-58-50(31-40)42-28-41(29-43(30-42)55(4,5)6)46-19-16-20-51-52(46)59-54(48-32-44(56(7,8)9)33-49(53(48)61)57(10,11)12)60(51)45-27-36(2)37(3)47(34-45)39-17-14-13-15-18-39/h13-34,61H,1-12H3/i1D3,2D3,3D3. The fourth-order valence-electron chi connectivity index (χ4n) is 7.98. The van der Waals surface area contributed by atoms with Crippen molar-refractivity contribution in [3.8, 4) is 67.5 Å². The molecule has 0 spiro atoms. The molecule has 0 saturated carbocycles. The number of phenolic OH excluding ortho intramolecular Hbond substituents is 1. The summed E-state index contributed by atoms with van der Waals surface area (Å²) in [5, 5.41) is 12.5. The van der Waals surface area contributed by atoms with Gasteiger partial charge in [-0.1, -0.05) is 147 Å². The number of hydrogen-bond donors (Lipinski definition) is 1. The van der Waals surface area contributed by atoms with Crippen LogP contribution in [-0.2, 0) is 16.2 Å². The lowest BCUT2D eigenvalue weighted by molar-refractivity contribution is 0.446. The summed E-state index contributed by atoms with van der Waals surface area (Å²) < 4.78 is 77.8. The minimum atomic E-state index is -2.82. The summed E-state index contributed by atoms with van der Waals surface area (Å²) in [5.74, 6) is 0.382. The molecule has 308 valence electrons. The molecule has 61 heavy (non-hydrogen) atoms. The number of aromatic nitrogens is 3. The molecule has 0 unspecified atom stereocenters. The molecule has 0 saturated heterocycles. The number of pyridine rings is 1. The van der Waals surface area contributed by atoms with E-state index in [0.29, 0.717) is 44.9 Å². The van der Waals surface area contributed by atoms with Crippen LogP contribution >= 0.6 is 0 Å². The van der Waals surface area contributed by atoms with E-state index in [9.17, 15) is 5.11 Å². The molecule has 4 nitrogen and oxygen atoms in total. The maximum absolute atomic E-state index is 12.5. The molecular formula is C57H59N3O. The lowest BCUT2D eigenvalue weighted by Crippen LogP contribution is -2.17. The Hall–Kier alpha value is -6.26. The Morgan fingerprint density at radius 3 is 1.93 bits per heavy atom. The Labute approximate surface area is 375 Å². The minimum absolute atomic E-state index is 0.0352. The second-order valence-electron chi connectivity index (χ2n) is 19.2. The van der Waals surface area contributed by atoms with Crippen molar-refractivity contribution in [1.82, 2.24) is 14.5 Å². The average molecular weight is 811 g/mol. The van der Waals surface area contributed by atoms with Gasteiger partial charge in [0.05, 0.1) is 22.3 Å². The van der Waals surface area contributed by atoms with Gasteiger partial charge >= 0.3 is 0 Å². The maximum Gasteiger partial charge on any atom is 0.149 e. The van der Waals surface area contributed by atoms with Gasteiger partial charge in [-0.3, -0.25) is 9.55 Å². The molecule has 0 radical (unpaired) electrons. The Kier molecular flexibility index (Phi) is 7.94. The number of aromatic hydroxyl groups is 1. The van der Waals surface area contributed by atoms with Gasteiger partial charge in [-0.2, -0.15) is 0 Å². The average Bonchev–Trinajstić information content (AvgIpc) is 3.66. The van der Waals surface area contributed by atoms with Crippen LogP contribution in [0.25, 0.3) is 72.7 Å². The van der Waals surface area contributed by atoms with Gasteiger partial charge in [0.2, 0.25) is 0 Å². The third kappa shape index (κ3) is 8.04. The van der Waals surface area contributed by atoms with Gasteiger partial charge in [0, 0.05) is 40.9 Å². The first-order chi connectivity index (χ1) is 32.4. The van der Waals surface area contributed by atoms with E-state index in [2.05, 4.69) is 59.7 Å². The first-order valence-corrected chi connectivity index (χ1v) is 20.8. The van der Waals surface area contributed by atoms with Gasteiger partial charge in [0.25, 0.3) is 0 Å². The summed E-state index contributed by atoms with van der Waals surface area (Å²) in [7, 11) is 0. The number of nitrogens with zero attached hydrogens (tertiary/aromatic N) is 3. The molecule has 1 N–H and O–H groups in total. The second kappa shape index (κ2) is 15.3. The van der Waals surface area contributed by atoms with E-state index < -0.39 is 26.0 Å². The van der Waals surface area contributed by atoms with Gasteiger partial charge in [-0.25, -0.2) is 4.98 Å². The predicted molar refractivity (Wildman–Crippen MR) is 258 cm³/mol. The minimum Gasteiger partial charge on any atom is -0.507 e. The van der Waals surface area contributed by atoms with E-state index >= 15 is 0 Å². The van der Waals surface area contributed by atoms with Crippen molar-refractivity contribution >= 4 is 11.0 Å². The van der Waals surface area contributed by atoms with E-state index in [-0.39, 0.29) is 38.8 Å². The van der Waals surface area contributed by atoms with Crippen LogP contribution in [0.15, 0.2) is 134 Å². The van der Waals surface area contributed by atoms with Gasteiger partial charge in [0.15, 0.2) is 0 Å². The molecular weight excluding hydrogens is 743 g/mol. The van der Waals surface area contributed by atoms with Crippen LogP contribution in [0.1, 0.15) is 108 Å². The Balaban J connectivity index is 1.46. The van der Waals surface area contributed by atoms with Crippen molar-refractivity contribution in [3.63, 3.8) is 0 Å². The van der Waals surface area contributed by atoms with E-state index in [4.69, 9.17) is 22.3 Å². The van der Waals surface area contributed by atoms with Crippen LogP contribution in [0.4, 0.5) is 0 Å². The van der Waals surface area contributed by atoms with Gasteiger partial charge in [-0.15, -0.1) is 0 Å². The topological polar surface area (TPSA) is 50.9 Å². The van der Waals surface area contributed by atoms with E-state index in [1.54, 1.807) is 48.7 Å². The van der Waals surface area contributed by atoms with Crippen molar-refractivity contribution < 1.29 is 17.4 Å². The van der Waals surface area contributed by atoms with Crippen molar-refractivity contribution in [2.24, 2.45) is 0 Å². The highest BCUT2D eigenvalue weighted by Crippen LogP contribution is 2.45. The Morgan fingerprint density at radius 2 is 1.26 bits per heavy atom. The molecule has 0 aliphatic carbocycles. The number of phenols is 1. The van der Waals surface area contributed by atoms with Crippen molar-refractivity contribution in [2.45, 2.75) is 99.1 Å². The summed E-state index contributed by atoms with van der Waals surface area (Å²) in [6, 6.07) is 39.1. The highest BCUT2D eigenvalue weighted by molar-refractivity contribution is 5.97. The zero-order chi connectivity index (χ0) is 51.1. The van der Waals surface area contributed by atoms with Crippen molar-refractivity contribution in [3.05, 3.63) is 167 Å². The normalized spacial score (nSPS) is 15.1. The van der Waals surface area contributed by atoms with Crippen LogP contribution in [0.5, 0.6) is 5.75 Å². The number of aryl methyl sites for hydroxylation is 2. The van der Waals surface area contributed by atoms with Crippen molar-refractivity contribution in [2.75, 3.05) is 0 Å². The molecule has 0 atom stereocenters. The Morgan fingerprint density at radius 1 is 0.541 bits per heavy atom. The second-order valence-corrected chi connectivity index (χ2v) is 19.2. The Bertz CT molecular complexity index is 3270. The molecule has 0 aliphatic rings. The van der Waals surface area contributed by atoms with Gasteiger partial charge in [0.1, 0.15) is 11.6 Å². The number of rotatable bonds is 6. The lowest BCUT2D eigenvalue weighted by atomic mass is 9.79. The molecule has 8 aromatic rings. The molecule has 4 heteroatoms. The zero-order valence-corrected chi connectivity index (χ0v) is 36.5. The third-order valence-electron chi connectivity index (χ3n) is 11.6. The van der Waals surface area contributed by atoms with Crippen LogP contribution in [0.2, 0.25) is 0 Å². The zero-order valence-electron chi connectivity index (χ0n) is 45.5. The summed E-state index contributed by atoms with van der Waals surface area (Å²) in [5.41, 5.74) is 8.92. The quantitative estimate of drug-likeness (QED) is 0.182. The highest BCUT2D eigenvalue weighted by Gasteiger charge is 2.29. The summed E-state index contributed by atoms with van der Waals surface area (Å²) >= 11 is 0. The third-order valence-corrected chi connectivity index (χ3v) is 11.6. The van der Waals surface area contributed by atoms with Crippen LogP contribution in [-0.4, -0.2) is 19.6 Å². The first kappa shape index (κ1) is 31.6. The number of para-hydroxylation sites is 1. The summed E-state index contributed by atoms with van der Waals surface area (Å²) in [4.78, 5) is 10.3. The molecule has 2 aromatic heterocycles. The largest absolute Gasteiger partial charge is 0.507 e. The molecule has 0 aliphatic heterocycles. The van der Waals surface area contributed by atoms with Gasteiger partial charge in [-0.05, 0) is 135 Å². The number of imidazole rings is 1. The fourth-order valence-corrected chi connectivity index (χ4v) is 7.98. The first-order valence-electron chi connectivity index (χ1n) is 25.3. The predicted octanol–water partition coefficient (Wildman–Crippen LogP) is 15.3. The smallest absolute Gasteiger partial charge is 0.149 e. The molecule has 2 heterocycles. The molecule has 0 fully saturated rings. The SMILES string of the molecule is [2H]C([2H])([2H])c1ccc(-c2ccnc(-c3cc(-c4cccc5c4nc(-c4cc(C(C)(C)C)cc(C(C)(C)C)c4O)n5-c4cc(-c5ccccc5)c(C([2H])([2H])[2H])c(C([2H])([2H])[2H])c4)cc(C(C)(C)C)c3)c2)cc1. The number of fused-ring (bicyclic) bond motifs is 1. The van der Waals surface area contributed by atoms with Crippen LogP contribution in [0.3, 0.4) is 0 Å². The molecule has 6 aromatic carbocycles. The van der Waals surface area contributed by atoms with Gasteiger partial charge < -0.3 is 5.11 Å². The summed E-state index contributed by atoms with van der Waals surface area (Å²) in [6.07, 6.45) is 1.75. The lowest BCUT2D eigenvalue weighted by Gasteiger charge is -2.27. The highest BCUT2D eigenvalue weighted by atomic mass is 16.3. The molecule has 0 bridgehead atoms. The van der Waals surface area contributed by atoms with E-state index in [0.717, 1.165) is 38.9 Å². The summed E-state index contributed by atoms with van der Waals surface area (Å²) in [6.45, 7) is 11.1. The number of hydrogen-bond acceptors (Lipinski definition) is 3. The monoisotopic (exact) mass is 811 g/mol. The van der Waals surface area contributed by atoms with Crippen LogP contribution < -0.4 is 0 Å². The van der Waals surface area contributed by atoms with Crippen molar-refractivity contribution in [1.29, 1.82) is 0 Å².